The van der Waals surface area contributed by atoms with Gasteiger partial charge in [-0.2, -0.15) is 0 Å². The van der Waals surface area contributed by atoms with Crippen molar-refractivity contribution in [3.05, 3.63) is 64.7 Å². The van der Waals surface area contributed by atoms with Crippen LogP contribution in [0, 0.1) is 0 Å². The number of benzene rings is 2. The van der Waals surface area contributed by atoms with Gasteiger partial charge in [0.25, 0.3) is 11.8 Å². The molecule has 2 aromatic rings. The summed E-state index contributed by atoms with van der Waals surface area (Å²) in [6, 6.07) is 14.2. The predicted molar refractivity (Wildman–Crippen MR) is 105 cm³/mol. The molecule has 26 heavy (non-hydrogen) atoms. The molecule has 1 fully saturated rings. The van der Waals surface area contributed by atoms with Crippen LogP contribution in [0.3, 0.4) is 0 Å². The monoisotopic (exact) mass is 370 g/mol. The van der Waals surface area contributed by atoms with Crippen LogP contribution >= 0.6 is 11.6 Å². The Bertz CT molecular complexity index is 789. The molecule has 0 radical (unpaired) electrons. The van der Waals surface area contributed by atoms with Gasteiger partial charge in [0.2, 0.25) is 0 Å². The highest BCUT2D eigenvalue weighted by Crippen LogP contribution is 2.22. The minimum Gasteiger partial charge on any atom is -0.336 e. The van der Waals surface area contributed by atoms with Crippen LogP contribution in [-0.2, 0) is 0 Å². The lowest BCUT2D eigenvalue weighted by Crippen LogP contribution is -2.43. The van der Waals surface area contributed by atoms with Crippen LogP contribution in [0.4, 0.5) is 5.69 Å². The van der Waals surface area contributed by atoms with Gasteiger partial charge in [-0.25, -0.2) is 0 Å². The van der Waals surface area contributed by atoms with Crippen molar-refractivity contribution in [1.29, 1.82) is 0 Å². The first-order chi connectivity index (χ1) is 12.6. The van der Waals surface area contributed by atoms with E-state index in [0.717, 1.165) is 25.8 Å². The maximum absolute atomic E-state index is 12.8. The fourth-order valence-corrected chi connectivity index (χ4v) is 3.58. The molecule has 5 heteroatoms. The molecule has 1 saturated heterocycles. The highest BCUT2D eigenvalue weighted by molar-refractivity contribution is 6.31. The Kier molecular flexibility index (Phi) is 5.94. The second-order valence-electron chi connectivity index (χ2n) is 6.60. The Balaban J connectivity index is 1.69. The zero-order valence-electron chi connectivity index (χ0n) is 14.9. The summed E-state index contributed by atoms with van der Waals surface area (Å²) in [5.74, 6) is -0.172. The molecule has 0 bridgehead atoms. The van der Waals surface area contributed by atoms with E-state index < -0.39 is 0 Å². The quantitative estimate of drug-likeness (QED) is 0.823. The molecule has 3 rings (SSSR count). The Morgan fingerprint density at radius 1 is 1.12 bits per heavy atom. The molecule has 1 aliphatic heterocycles. The van der Waals surface area contributed by atoms with Crippen molar-refractivity contribution < 1.29 is 9.59 Å². The Morgan fingerprint density at radius 2 is 1.85 bits per heavy atom. The van der Waals surface area contributed by atoms with Crippen LogP contribution in [0.5, 0.6) is 0 Å². The summed E-state index contributed by atoms with van der Waals surface area (Å²) >= 11 is 5.93. The van der Waals surface area contributed by atoms with Crippen LogP contribution < -0.4 is 5.32 Å². The molecule has 0 aliphatic carbocycles. The van der Waals surface area contributed by atoms with Gasteiger partial charge >= 0.3 is 0 Å². The fraction of sp³-hybridized carbons (Fsp3) is 0.333. The first-order valence-corrected chi connectivity index (χ1v) is 9.44. The van der Waals surface area contributed by atoms with E-state index in [2.05, 4.69) is 12.2 Å². The van der Waals surface area contributed by atoms with Gasteiger partial charge in [0.15, 0.2) is 0 Å². The zero-order chi connectivity index (χ0) is 18.5. The second kappa shape index (κ2) is 8.37. The number of hydrogen-bond acceptors (Lipinski definition) is 2. The van der Waals surface area contributed by atoms with Gasteiger partial charge in [0.1, 0.15) is 0 Å². The Hall–Kier alpha value is -2.33. The standard InChI is InChI=1S/C21H23ClN2O2/c1-2-19-8-3-4-13-24(19)21(26)16-11-9-15(10-12-16)20(25)23-18-7-5-6-17(22)14-18/h5-7,9-12,14,19H,2-4,8,13H2,1H3,(H,23,25). The summed E-state index contributed by atoms with van der Waals surface area (Å²) in [7, 11) is 0. The average molecular weight is 371 g/mol. The van der Waals surface area contributed by atoms with Gasteiger partial charge < -0.3 is 10.2 Å². The largest absolute Gasteiger partial charge is 0.336 e. The number of likely N-dealkylation sites (tertiary alicyclic amines) is 1. The first-order valence-electron chi connectivity index (χ1n) is 9.06. The van der Waals surface area contributed by atoms with E-state index >= 15 is 0 Å². The maximum atomic E-state index is 12.8. The van der Waals surface area contributed by atoms with Crippen LogP contribution in [0.2, 0.25) is 5.02 Å². The third-order valence-corrected chi connectivity index (χ3v) is 5.07. The third-order valence-electron chi connectivity index (χ3n) is 4.84. The van der Waals surface area contributed by atoms with E-state index in [1.165, 1.54) is 6.42 Å². The molecule has 1 aliphatic rings. The summed E-state index contributed by atoms with van der Waals surface area (Å²) in [4.78, 5) is 27.1. The van der Waals surface area contributed by atoms with Crippen molar-refractivity contribution in [2.24, 2.45) is 0 Å². The topological polar surface area (TPSA) is 49.4 Å². The lowest BCUT2D eigenvalue weighted by Gasteiger charge is -2.35. The Morgan fingerprint density at radius 3 is 2.54 bits per heavy atom. The zero-order valence-corrected chi connectivity index (χ0v) is 15.6. The molecule has 1 heterocycles. The highest BCUT2D eigenvalue weighted by Gasteiger charge is 2.26. The van der Waals surface area contributed by atoms with Crippen molar-refractivity contribution in [3.63, 3.8) is 0 Å². The van der Waals surface area contributed by atoms with E-state index in [1.807, 2.05) is 4.90 Å². The number of nitrogens with zero attached hydrogens (tertiary/aromatic N) is 1. The SMILES string of the molecule is CCC1CCCCN1C(=O)c1ccc(C(=O)Nc2cccc(Cl)c2)cc1. The van der Waals surface area contributed by atoms with Crippen molar-refractivity contribution in [2.45, 2.75) is 38.6 Å². The molecule has 136 valence electrons. The molecule has 2 amide bonds. The summed E-state index contributed by atoms with van der Waals surface area (Å²) in [6.45, 7) is 2.94. The summed E-state index contributed by atoms with van der Waals surface area (Å²) in [5, 5.41) is 3.37. The first kappa shape index (κ1) is 18.5. The summed E-state index contributed by atoms with van der Waals surface area (Å²) in [5.41, 5.74) is 1.78. The minimum absolute atomic E-state index is 0.0540. The lowest BCUT2D eigenvalue weighted by molar-refractivity contribution is 0.0607. The molecule has 1 N–H and O–H groups in total. The van der Waals surface area contributed by atoms with Gasteiger partial charge in [-0.15, -0.1) is 0 Å². The number of halogens is 1. The molecular weight excluding hydrogens is 348 g/mol. The minimum atomic E-state index is -0.226. The van der Waals surface area contributed by atoms with Gasteiger partial charge in [-0.1, -0.05) is 24.6 Å². The van der Waals surface area contributed by atoms with Crippen molar-refractivity contribution in [1.82, 2.24) is 4.90 Å². The van der Waals surface area contributed by atoms with E-state index in [9.17, 15) is 9.59 Å². The third kappa shape index (κ3) is 4.25. The fourth-order valence-electron chi connectivity index (χ4n) is 3.39. The smallest absolute Gasteiger partial charge is 0.255 e. The average Bonchev–Trinajstić information content (AvgIpc) is 2.67. The molecule has 4 nitrogen and oxygen atoms in total. The van der Waals surface area contributed by atoms with Crippen molar-refractivity contribution >= 4 is 29.1 Å². The maximum Gasteiger partial charge on any atom is 0.255 e. The van der Waals surface area contributed by atoms with Gasteiger partial charge in [-0.3, -0.25) is 9.59 Å². The summed E-state index contributed by atoms with van der Waals surface area (Å²) < 4.78 is 0. The number of nitrogens with one attached hydrogen (secondary N) is 1. The Labute approximate surface area is 159 Å². The molecule has 0 aromatic heterocycles. The van der Waals surface area contributed by atoms with Crippen molar-refractivity contribution in [2.75, 3.05) is 11.9 Å². The van der Waals surface area contributed by atoms with Gasteiger partial charge in [0, 0.05) is 34.4 Å². The second-order valence-corrected chi connectivity index (χ2v) is 7.03. The molecule has 1 unspecified atom stereocenters. The van der Waals surface area contributed by atoms with Crippen LogP contribution in [0.25, 0.3) is 0 Å². The van der Waals surface area contributed by atoms with E-state index in [1.54, 1.807) is 48.5 Å². The molecule has 1 atom stereocenters. The number of carbonyl (C=O) groups is 2. The van der Waals surface area contributed by atoms with Crippen LogP contribution in [0.1, 0.15) is 53.3 Å². The van der Waals surface area contributed by atoms with Gasteiger partial charge in [0.05, 0.1) is 0 Å². The lowest BCUT2D eigenvalue weighted by atomic mass is 9.98. The molecular formula is C21H23ClN2O2. The number of anilines is 1. The van der Waals surface area contributed by atoms with E-state index in [-0.39, 0.29) is 11.8 Å². The van der Waals surface area contributed by atoms with Crippen molar-refractivity contribution in [3.8, 4) is 0 Å². The summed E-state index contributed by atoms with van der Waals surface area (Å²) in [6.07, 6.45) is 4.29. The van der Waals surface area contributed by atoms with E-state index in [4.69, 9.17) is 11.6 Å². The van der Waals surface area contributed by atoms with Gasteiger partial charge in [-0.05, 0) is 68.1 Å². The number of rotatable bonds is 4. The number of amides is 2. The predicted octanol–water partition coefficient (Wildman–Crippen LogP) is 5.00. The molecule has 0 spiro atoms. The van der Waals surface area contributed by atoms with Crippen LogP contribution in [-0.4, -0.2) is 29.3 Å². The highest BCUT2D eigenvalue weighted by atomic mass is 35.5. The molecule has 2 aromatic carbocycles. The number of hydrogen-bond donors (Lipinski definition) is 1. The normalized spacial score (nSPS) is 17.0. The van der Waals surface area contributed by atoms with E-state index in [0.29, 0.717) is 27.9 Å². The number of carbonyl (C=O) groups excluding carboxylic acids is 2. The molecule has 0 saturated carbocycles. The van der Waals surface area contributed by atoms with Crippen LogP contribution in [0.15, 0.2) is 48.5 Å². The number of piperidine rings is 1.